The summed E-state index contributed by atoms with van der Waals surface area (Å²) in [4.78, 5) is 24.2. The van der Waals surface area contributed by atoms with Crippen LogP contribution in [0.1, 0.15) is 48.2 Å². The maximum Gasteiger partial charge on any atom is 0.291 e. The third-order valence-electron chi connectivity index (χ3n) is 4.53. The van der Waals surface area contributed by atoms with E-state index in [9.17, 15) is 14.7 Å². The first-order valence-corrected chi connectivity index (χ1v) is 8.43. The van der Waals surface area contributed by atoms with Gasteiger partial charge in [0.2, 0.25) is 5.91 Å². The first-order chi connectivity index (χ1) is 12.0. The van der Waals surface area contributed by atoms with Crippen LogP contribution >= 0.6 is 0 Å². The molecule has 0 aliphatic heterocycles. The highest BCUT2D eigenvalue weighted by atomic mass is 16.3. The number of benzene rings is 1. The Bertz CT molecular complexity index is 762. The van der Waals surface area contributed by atoms with Crippen LogP contribution in [0, 0.1) is 6.92 Å². The molecule has 1 aliphatic carbocycles. The summed E-state index contributed by atoms with van der Waals surface area (Å²) in [5, 5.41) is 15.9. The molecule has 1 heterocycles. The number of nitrogens with one attached hydrogen (secondary N) is 2. The minimum atomic E-state index is -0.865. The van der Waals surface area contributed by atoms with Gasteiger partial charge in [0, 0.05) is 11.4 Å². The predicted molar refractivity (Wildman–Crippen MR) is 94.5 cm³/mol. The number of hydrogen-bond donors (Lipinski definition) is 3. The third-order valence-corrected chi connectivity index (χ3v) is 4.53. The molecule has 3 N–H and O–H groups in total. The number of aryl methyl sites for hydroxylation is 1. The first-order valence-electron chi connectivity index (χ1n) is 8.43. The van der Waals surface area contributed by atoms with E-state index in [-0.39, 0.29) is 24.0 Å². The summed E-state index contributed by atoms with van der Waals surface area (Å²) < 4.78 is 5.06. The molecule has 0 bridgehead atoms. The lowest BCUT2D eigenvalue weighted by Gasteiger charge is -2.21. The third kappa shape index (κ3) is 4.28. The Morgan fingerprint density at radius 3 is 2.60 bits per heavy atom. The van der Waals surface area contributed by atoms with Crippen molar-refractivity contribution in [3.05, 3.63) is 47.9 Å². The minimum absolute atomic E-state index is 0.114. The van der Waals surface area contributed by atoms with Crippen molar-refractivity contribution in [1.82, 2.24) is 0 Å². The average Bonchev–Trinajstić information content (AvgIpc) is 3.21. The van der Waals surface area contributed by atoms with E-state index in [0.717, 1.165) is 18.4 Å². The van der Waals surface area contributed by atoms with E-state index in [1.165, 1.54) is 6.26 Å². The van der Waals surface area contributed by atoms with Crippen LogP contribution in [0.15, 0.2) is 41.0 Å². The number of rotatable bonds is 5. The van der Waals surface area contributed by atoms with Crippen molar-refractivity contribution in [3.63, 3.8) is 0 Å². The molecule has 25 heavy (non-hydrogen) atoms. The lowest BCUT2D eigenvalue weighted by Crippen LogP contribution is -2.30. The van der Waals surface area contributed by atoms with Crippen molar-refractivity contribution >= 4 is 23.2 Å². The number of furan rings is 1. The van der Waals surface area contributed by atoms with E-state index in [0.29, 0.717) is 24.2 Å². The number of anilines is 2. The summed E-state index contributed by atoms with van der Waals surface area (Å²) in [6, 6.07) is 8.48. The van der Waals surface area contributed by atoms with Crippen LogP contribution in [0.25, 0.3) is 0 Å². The van der Waals surface area contributed by atoms with Gasteiger partial charge in [0.1, 0.15) is 0 Å². The number of carbonyl (C=O) groups excluding carboxylic acids is 2. The van der Waals surface area contributed by atoms with Gasteiger partial charge in [0.25, 0.3) is 5.91 Å². The lowest BCUT2D eigenvalue weighted by atomic mass is 9.97. The average molecular weight is 342 g/mol. The smallest absolute Gasteiger partial charge is 0.291 e. The Kier molecular flexibility index (Phi) is 4.90. The normalized spacial score (nSPS) is 15.8. The second kappa shape index (κ2) is 7.11. The monoisotopic (exact) mass is 342 g/mol. The molecular formula is C19H22N2O4. The predicted octanol–water partition coefficient (Wildman–Crippen LogP) is 3.47. The SMILES string of the molecule is Cc1cc(NC(=O)CC2(O)CCCC2)ccc1NC(=O)c1ccco1. The zero-order valence-electron chi connectivity index (χ0n) is 14.2. The number of aliphatic hydroxyl groups is 1. The largest absolute Gasteiger partial charge is 0.459 e. The summed E-state index contributed by atoms with van der Waals surface area (Å²) in [6.45, 7) is 1.85. The Balaban J connectivity index is 1.61. The van der Waals surface area contributed by atoms with Crippen LogP contribution in [0.3, 0.4) is 0 Å². The molecule has 2 amide bonds. The van der Waals surface area contributed by atoms with Crippen molar-refractivity contribution in [2.24, 2.45) is 0 Å². The fourth-order valence-electron chi connectivity index (χ4n) is 3.19. The van der Waals surface area contributed by atoms with Crippen molar-refractivity contribution in [3.8, 4) is 0 Å². The summed E-state index contributed by atoms with van der Waals surface area (Å²) in [5.74, 6) is -0.286. The van der Waals surface area contributed by atoms with Crippen molar-refractivity contribution in [2.45, 2.75) is 44.6 Å². The molecule has 6 nitrogen and oxygen atoms in total. The van der Waals surface area contributed by atoms with Crippen LogP contribution in [-0.2, 0) is 4.79 Å². The molecule has 2 aromatic rings. The molecule has 0 unspecified atom stereocenters. The molecule has 0 radical (unpaired) electrons. The molecular weight excluding hydrogens is 320 g/mol. The van der Waals surface area contributed by atoms with Crippen molar-refractivity contribution < 1.29 is 19.1 Å². The Hall–Kier alpha value is -2.60. The molecule has 0 spiro atoms. The molecule has 6 heteroatoms. The van der Waals surface area contributed by atoms with Gasteiger partial charge in [0.05, 0.1) is 18.3 Å². The van der Waals surface area contributed by atoms with Gasteiger partial charge in [-0.3, -0.25) is 9.59 Å². The van der Waals surface area contributed by atoms with E-state index in [2.05, 4.69) is 10.6 Å². The van der Waals surface area contributed by atoms with E-state index < -0.39 is 5.60 Å². The van der Waals surface area contributed by atoms with Crippen LogP contribution in [0.5, 0.6) is 0 Å². The van der Waals surface area contributed by atoms with Crippen molar-refractivity contribution in [2.75, 3.05) is 10.6 Å². The van der Waals surface area contributed by atoms with Crippen LogP contribution in [-0.4, -0.2) is 22.5 Å². The molecule has 1 saturated carbocycles. The second-order valence-corrected chi connectivity index (χ2v) is 6.62. The molecule has 1 fully saturated rings. The molecule has 3 rings (SSSR count). The molecule has 0 saturated heterocycles. The summed E-state index contributed by atoms with van der Waals surface area (Å²) in [7, 11) is 0. The van der Waals surface area contributed by atoms with Gasteiger partial charge >= 0.3 is 0 Å². The first kappa shape index (κ1) is 17.2. The quantitative estimate of drug-likeness (QED) is 0.776. The number of hydrogen-bond acceptors (Lipinski definition) is 4. The molecule has 1 aliphatic rings. The van der Waals surface area contributed by atoms with Gasteiger partial charge in [-0.2, -0.15) is 0 Å². The van der Waals surface area contributed by atoms with Gasteiger partial charge in [-0.05, 0) is 55.7 Å². The summed E-state index contributed by atoms with van der Waals surface area (Å²) >= 11 is 0. The molecule has 132 valence electrons. The van der Waals surface area contributed by atoms with Crippen molar-refractivity contribution in [1.29, 1.82) is 0 Å². The fourth-order valence-corrected chi connectivity index (χ4v) is 3.19. The van der Waals surface area contributed by atoms with Gasteiger partial charge < -0.3 is 20.2 Å². The topological polar surface area (TPSA) is 91.6 Å². The molecule has 1 aromatic carbocycles. The number of amides is 2. The Morgan fingerprint density at radius 1 is 1.20 bits per heavy atom. The van der Waals surface area contributed by atoms with E-state index in [1.54, 1.807) is 30.3 Å². The second-order valence-electron chi connectivity index (χ2n) is 6.62. The van der Waals surface area contributed by atoms with E-state index >= 15 is 0 Å². The summed E-state index contributed by atoms with van der Waals surface area (Å²) in [5.41, 5.74) is 1.24. The highest BCUT2D eigenvalue weighted by molar-refractivity contribution is 6.03. The van der Waals surface area contributed by atoms with Crippen LogP contribution in [0.2, 0.25) is 0 Å². The minimum Gasteiger partial charge on any atom is -0.459 e. The Labute approximate surface area is 146 Å². The fraction of sp³-hybridized carbons (Fsp3) is 0.368. The maximum atomic E-state index is 12.1. The highest BCUT2D eigenvalue weighted by Crippen LogP contribution is 2.32. The van der Waals surface area contributed by atoms with Gasteiger partial charge in [-0.25, -0.2) is 0 Å². The molecule has 0 atom stereocenters. The van der Waals surface area contributed by atoms with Crippen LogP contribution in [0.4, 0.5) is 11.4 Å². The van der Waals surface area contributed by atoms with Crippen LogP contribution < -0.4 is 10.6 Å². The van der Waals surface area contributed by atoms with Gasteiger partial charge in [-0.15, -0.1) is 0 Å². The zero-order chi connectivity index (χ0) is 17.9. The van der Waals surface area contributed by atoms with E-state index in [4.69, 9.17) is 4.42 Å². The zero-order valence-corrected chi connectivity index (χ0v) is 14.2. The maximum absolute atomic E-state index is 12.1. The van der Waals surface area contributed by atoms with Gasteiger partial charge in [-0.1, -0.05) is 12.8 Å². The van der Waals surface area contributed by atoms with Gasteiger partial charge in [0.15, 0.2) is 5.76 Å². The summed E-state index contributed by atoms with van der Waals surface area (Å²) in [6.07, 6.45) is 4.84. The standard InChI is InChI=1S/C19H22N2O4/c1-13-11-14(20-17(22)12-19(24)8-2-3-9-19)6-7-15(13)21-18(23)16-5-4-10-25-16/h4-7,10-11,24H,2-3,8-9,12H2,1H3,(H,20,22)(H,21,23). The molecule has 1 aromatic heterocycles. The lowest BCUT2D eigenvalue weighted by molar-refractivity contribution is -0.120. The van der Waals surface area contributed by atoms with E-state index in [1.807, 2.05) is 6.92 Å². The highest BCUT2D eigenvalue weighted by Gasteiger charge is 2.33. The number of carbonyl (C=O) groups is 2. The Morgan fingerprint density at radius 2 is 1.96 bits per heavy atom.